The highest BCUT2D eigenvalue weighted by Gasteiger charge is 2.30. The molecule has 1 fully saturated rings. The average Bonchev–Trinajstić information content (AvgIpc) is 3.00. The first-order chi connectivity index (χ1) is 12.1. The number of aryl methyl sites for hydroxylation is 2. The van der Waals surface area contributed by atoms with Crippen LogP contribution in [0.1, 0.15) is 28.2 Å². The van der Waals surface area contributed by atoms with Crippen molar-refractivity contribution in [2.45, 2.75) is 25.5 Å². The van der Waals surface area contributed by atoms with Gasteiger partial charge < -0.3 is 19.4 Å². The minimum Gasteiger partial charge on any atom is -0.484 e. The zero-order valence-corrected chi connectivity index (χ0v) is 14.2. The van der Waals surface area contributed by atoms with Crippen molar-refractivity contribution >= 4 is 5.91 Å². The van der Waals surface area contributed by atoms with Crippen LogP contribution in [0, 0.1) is 18.3 Å². The monoisotopic (exact) mass is 340 g/mol. The number of amides is 1. The van der Waals surface area contributed by atoms with Crippen LogP contribution in [-0.2, 0) is 11.8 Å². The van der Waals surface area contributed by atoms with E-state index in [-0.39, 0.29) is 18.1 Å². The van der Waals surface area contributed by atoms with Crippen LogP contribution < -0.4 is 10.1 Å². The van der Waals surface area contributed by atoms with E-state index < -0.39 is 0 Å². The van der Waals surface area contributed by atoms with E-state index in [0.29, 0.717) is 36.6 Å². The van der Waals surface area contributed by atoms with Crippen molar-refractivity contribution < 1.29 is 14.3 Å². The molecule has 7 heteroatoms. The number of hydrogen-bond acceptors (Lipinski definition) is 5. The van der Waals surface area contributed by atoms with Gasteiger partial charge in [-0.2, -0.15) is 5.26 Å². The van der Waals surface area contributed by atoms with Crippen molar-refractivity contribution in [2.75, 3.05) is 13.2 Å². The summed E-state index contributed by atoms with van der Waals surface area (Å²) in [4.78, 5) is 16.8. The molecule has 2 aromatic heterocycles. The van der Waals surface area contributed by atoms with E-state index >= 15 is 0 Å². The van der Waals surface area contributed by atoms with Gasteiger partial charge in [0, 0.05) is 25.5 Å². The van der Waals surface area contributed by atoms with Gasteiger partial charge in [-0.25, -0.2) is 0 Å². The fraction of sp³-hybridized carbons (Fsp3) is 0.389. The molecule has 1 aliphatic rings. The number of nitrogens with zero attached hydrogens (tertiary/aromatic N) is 3. The molecule has 3 heterocycles. The number of aromatic nitrogens is 2. The fourth-order valence-corrected chi connectivity index (χ4v) is 2.79. The minimum absolute atomic E-state index is 0.178. The molecular formula is C18H20N4O3. The maximum Gasteiger partial charge on any atom is 0.268 e. The molecule has 7 nitrogen and oxygen atoms in total. The molecule has 1 aliphatic heterocycles. The van der Waals surface area contributed by atoms with Crippen LogP contribution in [0.4, 0.5) is 0 Å². The number of carbonyl (C=O) groups is 1. The first-order valence-electron chi connectivity index (χ1n) is 8.11. The molecule has 2 atom stereocenters. The Kier molecular flexibility index (Phi) is 5.00. The lowest BCUT2D eigenvalue weighted by atomic mass is 10.1. The second-order valence-corrected chi connectivity index (χ2v) is 6.07. The Morgan fingerprint density at radius 3 is 3.04 bits per heavy atom. The van der Waals surface area contributed by atoms with Gasteiger partial charge in [-0.05, 0) is 31.5 Å². The van der Waals surface area contributed by atoms with Crippen LogP contribution in [0.15, 0.2) is 30.6 Å². The standard InChI is InChI=1S/C18H20N4O3/c1-12-3-4-14(9-20-12)25-17-11-24-6-5-15(17)21-18(23)16-7-13(8-19)10-22(16)2/h3-4,7,9-10,15,17H,5-6,11H2,1-2H3,(H,21,23)/t15-,17+/m0/s1. The third kappa shape index (κ3) is 3.98. The molecule has 0 bridgehead atoms. The van der Waals surface area contributed by atoms with Gasteiger partial charge in [-0.15, -0.1) is 0 Å². The minimum atomic E-state index is -0.294. The fourth-order valence-electron chi connectivity index (χ4n) is 2.79. The Balaban J connectivity index is 1.70. The smallest absolute Gasteiger partial charge is 0.268 e. The molecule has 2 aromatic rings. The summed E-state index contributed by atoms with van der Waals surface area (Å²) >= 11 is 0. The summed E-state index contributed by atoms with van der Waals surface area (Å²) in [6, 6.07) is 7.17. The number of nitrogens with one attached hydrogen (secondary N) is 1. The normalized spacial score (nSPS) is 19.9. The quantitative estimate of drug-likeness (QED) is 0.912. The highest BCUT2D eigenvalue weighted by molar-refractivity contribution is 5.93. The highest BCUT2D eigenvalue weighted by Crippen LogP contribution is 2.18. The molecule has 0 unspecified atom stereocenters. The summed E-state index contributed by atoms with van der Waals surface area (Å²) in [7, 11) is 1.74. The van der Waals surface area contributed by atoms with Crippen molar-refractivity contribution in [3.8, 4) is 11.8 Å². The zero-order valence-electron chi connectivity index (χ0n) is 14.2. The van der Waals surface area contributed by atoms with Crippen molar-refractivity contribution in [1.29, 1.82) is 5.26 Å². The molecular weight excluding hydrogens is 320 g/mol. The predicted octanol–water partition coefficient (Wildman–Crippen LogP) is 1.57. The van der Waals surface area contributed by atoms with E-state index in [0.717, 1.165) is 5.69 Å². The SMILES string of the molecule is Cc1ccc(O[C@@H]2COCC[C@@H]2NC(=O)c2cc(C#N)cn2C)cn1. The van der Waals surface area contributed by atoms with Crippen molar-refractivity contribution in [2.24, 2.45) is 7.05 Å². The van der Waals surface area contributed by atoms with E-state index in [1.807, 2.05) is 25.1 Å². The second kappa shape index (κ2) is 7.36. The van der Waals surface area contributed by atoms with Gasteiger partial charge in [0.05, 0.1) is 24.4 Å². The van der Waals surface area contributed by atoms with Crippen LogP contribution in [0.5, 0.6) is 5.75 Å². The van der Waals surface area contributed by atoms with Crippen LogP contribution >= 0.6 is 0 Å². The molecule has 0 aromatic carbocycles. The van der Waals surface area contributed by atoms with Gasteiger partial charge in [0.25, 0.3) is 5.91 Å². The molecule has 130 valence electrons. The van der Waals surface area contributed by atoms with E-state index in [9.17, 15) is 4.79 Å². The number of carbonyl (C=O) groups excluding carboxylic acids is 1. The average molecular weight is 340 g/mol. The van der Waals surface area contributed by atoms with Gasteiger partial charge in [0.1, 0.15) is 23.6 Å². The van der Waals surface area contributed by atoms with Gasteiger partial charge in [-0.1, -0.05) is 0 Å². The molecule has 25 heavy (non-hydrogen) atoms. The number of nitriles is 1. The molecule has 0 spiro atoms. The lowest BCUT2D eigenvalue weighted by Gasteiger charge is -2.32. The van der Waals surface area contributed by atoms with Crippen molar-refractivity contribution in [3.63, 3.8) is 0 Å². The third-order valence-corrected chi connectivity index (χ3v) is 4.16. The summed E-state index contributed by atoms with van der Waals surface area (Å²) in [5.41, 5.74) is 1.81. The van der Waals surface area contributed by atoms with Crippen LogP contribution in [0.2, 0.25) is 0 Å². The van der Waals surface area contributed by atoms with E-state index in [1.165, 1.54) is 0 Å². The number of pyridine rings is 1. The lowest BCUT2D eigenvalue weighted by Crippen LogP contribution is -2.51. The molecule has 1 amide bonds. The Labute approximate surface area is 146 Å². The molecule has 1 N–H and O–H groups in total. The highest BCUT2D eigenvalue weighted by atomic mass is 16.5. The van der Waals surface area contributed by atoms with E-state index in [2.05, 4.69) is 10.3 Å². The number of rotatable bonds is 4. The number of ether oxygens (including phenoxy) is 2. The number of hydrogen-bond donors (Lipinski definition) is 1. The molecule has 0 aliphatic carbocycles. The third-order valence-electron chi connectivity index (χ3n) is 4.16. The van der Waals surface area contributed by atoms with Gasteiger partial charge >= 0.3 is 0 Å². The van der Waals surface area contributed by atoms with Gasteiger partial charge in [0.15, 0.2) is 0 Å². The topological polar surface area (TPSA) is 89.2 Å². The molecule has 0 saturated carbocycles. The summed E-state index contributed by atoms with van der Waals surface area (Å²) in [5.74, 6) is 0.414. The van der Waals surface area contributed by atoms with Gasteiger partial charge in [0.2, 0.25) is 0 Å². The first-order valence-corrected chi connectivity index (χ1v) is 8.11. The van der Waals surface area contributed by atoms with Crippen molar-refractivity contribution in [3.05, 3.63) is 47.5 Å². The Morgan fingerprint density at radius 1 is 1.52 bits per heavy atom. The summed E-state index contributed by atoms with van der Waals surface area (Å²) in [6.07, 6.45) is 3.66. The summed E-state index contributed by atoms with van der Waals surface area (Å²) in [5, 5.41) is 12.0. The van der Waals surface area contributed by atoms with E-state index in [1.54, 1.807) is 30.1 Å². The maximum atomic E-state index is 12.6. The Morgan fingerprint density at radius 2 is 2.36 bits per heavy atom. The maximum absolute atomic E-state index is 12.6. The largest absolute Gasteiger partial charge is 0.484 e. The van der Waals surface area contributed by atoms with Crippen molar-refractivity contribution in [1.82, 2.24) is 14.9 Å². The Hall–Kier alpha value is -2.85. The Bertz CT molecular complexity index is 792. The van der Waals surface area contributed by atoms with Gasteiger partial charge in [-0.3, -0.25) is 9.78 Å². The second-order valence-electron chi connectivity index (χ2n) is 6.07. The zero-order chi connectivity index (χ0) is 17.8. The van der Waals surface area contributed by atoms with Crippen LogP contribution in [0.25, 0.3) is 0 Å². The van der Waals surface area contributed by atoms with E-state index in [4.69, 9.17) is 14.7 Å². The lowest BCUT2D eigenvalue weighted by molar-refractivity contribution is -0.0137. The first kappa shape index (κ1) is 17.0. The molecule has 1 saturated heterocycles. The predicted molar refractivity (Wildman–Crippen MR) is 90.2 cm³/mol. The summed E-state index contributed by atoms with van der Waals surface area (Å²) in [6.45, 7) is 2.87. The molecule has 3 rings (SSSR count). The van der Waals surface area contributed by atoms with Crippen LogP contribution in [0.3, 0.4) is 0 Å². The molecule has 0 radical (unpaired) electrons. The van der Waals surface area contributed by atoms with Crippen LogP contribution in [-0.4, -0.2) is 40.8 Å². The summed E-state index contributed by atoms with van der Waals surface area (Å²) < 4.78 is 13.1.